The van der Waals surface area contributed by atoms with E-state index in [9.17, 15) is 4.79 Å². The zero-order valence-corrected chi connectivity index (χ0v) is 12.2. The molecular formula is C12H10ClN3OS2. The molecule has 0 bridgehead atoms. The van der Waals surface area contributed by atoms with Gasteiger partial charge in [0.15, 0.2) is 5.82 Å². The second-order valence-corrected chi connectivity index (χ2v) is 6.67. The first-order valence-corrected chi connectivity index (χ1v) is 8.05. The van der Waals surface area contributed by atoms with Crippen LogP contribution < -0.4 is 5.32 Å². The van der Waals surface area contributed by atoms with Crippen LogP contribution in [-0.4, -0.2) is 21.6 Å². The van der Waals surface area contributed by atoms with E-state index >= 15 is 0 Å². The van der Waals surface area contributed by atoms with Gasteiger partial charge in [-0.15, -0.1) is 11.3 Å². The number of aromatic nitrogens is 2. The summed E-state index contributed by atoms with van der Waals surface area (Å²) >= 11 is 9.12. The Balaban J connectivity index is 1.76. The molecule has 1 N–H and O–H groups in total. The minimum Gasteiger partial charge on any atom is -0.305 e. The lowest BCUT2D eigenvalue weighted by Gasteiger charge is -2.08. The molecule has 0 fully saturated rings. The summed E-state index contributed by atoms with van der Waals surface area (Å²) in [6.45, 7) is 0. The fraction of sp³-hybridized carbons (Fsp3) is 0.250. The van der Waals surface area contributed by atoms with Gasteiger partial charge in [0.1, 0.15) is 5.15 Å². The Morgan fingerprint density at radius 2 is 2.26 bits per heavy atom. The predicted molar refractivity (Wildman–Crippen MR) is 79.2 cm³/mol. The lowest BCUT2D eigenvalue weighted by molar-refractivity contribution is 0.103. The van der Waals surface area contributed by atoms with E-state index in [0.717, 1.165) is 22.8 Å². The SMILES string of the molecule is O=C(Nc1cnc(Cl)cn1)c1cc2c(s1)CCSC2. The number of nitrogens with one attached hydrogen (secondary N) is 1. The van der Waals surface area contributed by atoms with Crippen molar-refractivity contribution < 1.29 is 4.79 Å². The van der Waals surface area contributed by atoms with Crippen LogP contribution in [0.25, 0.3) is 0 Å². The number of hydrogen-bond acceptors (Lipinski definition) is 5. The normalized spacial score (nSPS) is 13.9. The molecule has 0 aliphatic carbocycles. The number of rotatable bonds is 2. The second kappa shape index (κ2) is 5.48. The van der Waals surface area contributed by atoms with E-state index in [0.29, 0.717) is 11.0 Å². The lowest BCUT2D eigenvalue weighted by Crippen LogP contribution is -2.11. The van der Waals surface area contributed by atoms with Crippen molar-refractivity contribution in [2.45, 2.75) is 12.2 Å². The highest BCUT2D eigenvalue weighted by Gasteiger charge is 2.17. The zero-order valence-electron chi connectivity index (χ0n) is 9.85. The number of halogens is 1. The van der Waals surface area contributed by atoms with E-state index in [1.807, 2.05) is 17.8 Å². The quantitative estimate of drug-likeness (QED) is 0.925. The van der Waals surface area contributed by atoms with Crippen molar-refractivity contribution in [3.63, 3.8) is 0 Å². The average molecular weight is 312 g/mol. The molecule has 1 amide bonds. The molecule has 19 heavy (non-hydrogen) atoms. The molecule has 2 aromatic heterocycles. The number of anilines is 1. The van der Waals surface area contributed by atoms with E-state index in [1.165, 1.54) is 22.8 Å². The smallest absolute Gasteiger partial charge is 0.266 e. The van der Waals surface area contributed by atoms with Gasteiger partial charge in [-0.25, -0.2) is 9.97 Å². The molecule has 0 unspecified atom stereocenters. The Morgan fingerprint density at radius 3 is 3.00 bits per heavy atom. The van der Waals surface area contributed by atoms with Gasteiger partial charge in [-0.1, -0.05) is 11.6 Å². The lowest BCUT2D eigenvalue weighted by atomic mass is 10.2. The highest BCUT2D eigenvalue weighted by atomic mass is 35.5. The summed E-state index contributed by atoms with van der Waals surface area (Å²) in [6, 6.07) is 1.98. The number of thiophene rings is 1. The third-order valence-electron chi connectivity index (χ3n) is 2.71. The maximum atomic E-state index is 12.1. The van der Waals surface area contributed by atoms with Crippen molar-refractivity contribution in [1.29, 1.82) is 0 Å². The molecular weight excluding hydrogens is 302 g/mol. The maximum absolute atomic E-state index is 12.1. The standard InChI is InChI=1S/C12H10ClN3OS2/c13-10-4-15-11(5-14-10)16-12(17)9-3-7-6-18-2-1-8(7)19-9/h3-5H,1-2,6H2,(H,15,16,17). The van der Waals surface area contributed by atoms with Gasteiger partial charge in [-0.3, -0.25) is 4.79 Å². The van der Waals surface area contributed by atoms with Gasteiger partial charge in [-0.05, 0) is 23.8 Å². The molecule has 2 aromatic rings. The summed E-state index contributed by atoms with van der Waals surface area (Å²) in [5.41, 5.74) is 1.29. The largest absolute Gasteiger partial charge is 0.305 e. The monoisotopic (exact) mass is 311 g/mol. The minimum absolute atomic E-state index is 0.138. The molecule has 0 aromatic carbocycles. The number of carbonyl (C=O) groups is 1. The number of fused-ring (bicyclic) bond motifs is 1. The molecule has 7 heteroatoms. The van der Waals surface area contributed by atoms with E-state index in [2.05, 4.69) is 15.3 Å². The Morgan fingerprint density at radius 1 is 1.37 bits per heavy atom. The molecule has 1 aliphatic rings. The summed E-state index contributed by atoms with van der Waals surface area (Å²) in [5.74, 6) is 2.41. The molecule has 0 saturated carbocycles. The van der Waals surface area contributed by atoms with Crippen molar-refractivity contribution in [2.24, 2.45) is 0 Å². The average Bonchev–Trinajstić information content (AvgIpc) is 2.85. The first-order chi connectivity index (χ1) is 9.22. The first kappa shape index (κ1) is 12.9. The van der Waals surface area contributed by atoms with Crippen LogP contribution in [0.5, 0.6) is 0 Å². The van der Waals surface area contributed by atoms with Gasteiger partial charge in [0.2, 0.25) is 0 Å². The van der Waals surface area contributed by atoms with E-state index < -0.39 is 0 Å². The van der Waals surface area contributed by atoms with Crippen LogP contribution in [0.1, 0.15) is 20.1 Å². The third-order valence-corrected chi connectivity index (χ3v) is 5.15. The van der Waals surface area contributed by atoms with E-state index in [-0.39, 0.29) is 5.91 Å². The van der Waals surface area contributed by atoms with Crippen molar-refractivity contribution >= 4 is 46.4 Å². The van der Waals surface area contributed by atoms with E-state index in [4.69, 9.17) is 11.6 Å². The highest BCUT2D eigenvalue weighted by molar-refractivity contribution is 7.98. The number of aryl methyl sites for hydroxylation is 1. The van der Waals surface area contributed by atoms with Gasteiger partial charge in [0.05, 0.1) is 17.3 Å². The van der Waals surface area contributed by atoms with Gasteiger partial charge < -0.3 is 5.32 Å². The van der Waals surface area contributed by atoms with Crippen molar-refractivity contribution in [3.05, 3.63) is 38.9 Å². The van der Waals surface area contributed by atoms with Crippen LogP contribution in [-0.2, 0) is 12.2 Å². The Kier molecular flexibility index (Phi) is 3.72. The minimum atomic E-state index is -0.138. The molecule has 4 nitrogen and oxygen atoms in total. The predicted octanol–water partition coefficient (Wildman–Crippen LogP) is 3.23. The summed E-state index contributed by atoms with van der Waals surface area (Å²) in [7, 11) is 0. The molecule has 3 heterocycles. The Bertz CT molecular complexity index is 588. The molecule has 1 aliphatic heterocycles. The first-order valence-electron chi connectivity index (χ1n) is 5.70. The maximum Gasteiger partial charge on any atom is 0.266 e. The summed E-state index contributed by atoms with van der Waals surface area (Å²) in [6.07, 6.45) is 3.91. The molecule has 0 atom stereocenters. The van der Waals surface area contributed by atoms with Crippen molar-refractivity contribution in [2.75, 3.05) is 11.1 Å². The number of carbonyl (C=O) groups excluding carboxylic acids is 1. The van der Waals surface area contributed by atoms with Crippen LogP contribution in [0, 0.1) is 0 Å². The van der Waals surface area contributed by atoms with E-state index in [1.54, 1.807) is 11.3 Å². The number of hydrogen-bond donors (Lipinski definition) is 1. The van der Waals surface area contributed by atoms with Gasteiger partial charge in [0, 0.05) is 10.6 Å². The van der Waals surface area contributed by atoms with Gasteiger partial charge in [-0.2, -0.15) is 11.8 Å². The molecule has 98 valence electrons. The molecule has 0 radical (unpaired) electrons. The van der Waals surface area contributed by atoms with Crippen molar-refractivity contribution in [3.8, 4) is 0 Å². The molecule has 0 spiro atoms. The topological polar surface area (TPSA) is 54.9 Å². The van der Waals surface area contributed by atoms with Crippen LogP contribution in [0.15, 0.2) is 18.5 Å². The Hall–Kier alpha value is -1.11. The Labute approximate surface area is 123 Å². The highest BCUT2D eigenvalue weighted by Crippen LogP contribution is 2.31. The third kappa shape index (κ3) is 2.91. The molecule has 0 saturated heterocycles. The summed E-state index contributed by atoms with van der Waals surface area (Å²) < 4.78 is 0. The molecule has 3 rings (SSSR count). The zero-order chi connectivity index (χ0) is 13.2. The van der Waals surface area contributed by atoms with Crippen LogP contribution in [0.4, 0.5) is 5.82 Å². The summed E-state index contributed by atoms with van der Waals surface area (Å²) in [4.78, 5) is 22.0. The number of thioether (sulfide) groups is 1. The van der Waals surface area contributed by atoms with Crippen LogP contribution >= 0.6 is 34.7 Å². The number of nitrogens with zero attached hydrogens (tertiary/aromatic N) is 2. The van der Waals surface area contributed by atoms with Crippen molar-refractivity contribution in [1.82, 2.24) is 9.97 Å². The number of amides is 1. The second-order valence-electron chi connectivity index (χ2n) is 4.04. The van der Waals surface area contributed by atoms with Gasteiger partial charge >= 0.3 is 0 Å². The summed E-state index contributed by atoms with van der Waals surface area (Å²) in [5, 5.41) is 3.03. The fourth-order valence-corrected chi connectivity index (χ4v) is 4.18. The van der Waals surface area contributed by atoms with Crippen LogP contribution in [0.2, 0.25) is 5.15 Å². The van der Waals surface area contributed by atoms with Gasteiger partial charge in [0.25, 0.3) is 5.91 Å². The van der Waals surface area contributed by atoms with Crippen LogP contribution in [0.3, 0.4) is 0 Å². The fourth-order valence-electron chi connectivity index (χ4n) is 1.81.